The van der Waals surface area contributed by atoms with Crippen molar-refractivity contribution in [1.82, 2.24) is 4.57 Å². The summed E-state index contributed by atoms with van der Waals surface area (Å²) in [5.41, 5.74) is 16.3. The number of rotatable bonds is 8. The van der Waals surface area contributed by atoms with Gasteiger partial charge in [0.2, 0.25) is 0 Å². The normalized spacial score (nSPS) is 11.4. The maximum absolute atomic E-state index is 2.45. The van der Waals surface area contributed by atoms with Crippen LogP contribution < -0.4 is 4.90 Å². The Hall–Kier alpha value is -8.46. The second kappa shape index (κ2) is 15.8. The lowest BCUT2D eigenvalue weighted by atomic mass is 9.96. The second-order valence-corrected chi connectivity index (χ2v) is 16.5. The summed E-state index contributed by atoms with van der Waals surface area (Å²) in [7, 11) is 0. The summed E-state index contributed by atoms with van der Waals surface area (Å²) in [6.45, 7) is 0. The highest BCUT2D eigenvalue weighted by Gasteiger charge is 2.22. The van der Waals surface area contributed by atoms with Crippen molar-refractivity contribution in [3.63, 3.8) is 0 Å². The Morgan fingerprint density at radius 3 is 1.62 bits per heavy atom. The van der Waals surface area contributed by atoms with Gasteiger partial charge in [-0.3, -0.25) is 0 Å². The van der Waals surface area contributed by atoms with E-state index in [1.807, 2.05) is 0 Å². The number of para-hydroxylation sites is 3. The third kappa shape index (κ3) is 6.44. The highest BCUT2D eigenvalue weighted by molar-refractivity contribution is 6.17. The highest BCUT2D eigenvalue weighted by Crippen LogP contribution is 2.46. The van der Waals surface area contributed by atoms with E-state index in [-0.39, 0.29) is 0 Å². The fraction of sp³-hybridized carbons (Fsp3) is 0. The zero-order valence-corrected chi connectivity index (χ0v) is 35.1. The number of aromatic nitrogens is 1. The third-order valence-corrected chi connectivity index (χ3v) is 12.8. The van der Waals surface area contributed by atoms with Crippen molar-refractivity contribution in [2.45, 2.75) is 0 Å². The molecule has 0 aliphatic carbocycles. The number of benzene rings is 11. The Morgan fingerprint density at radius 2 is 0.812 bits per heavy atom. The smallest absolute Gasteiger partial charge is 0.0547 e. The van der Waals surface area contributed by atoms with Gasteiger partial charge in [0.15, 0.2) is 0 Å². The molecule has 2 heteroatoms. The molecule has 0 atom stereocenters. The lowest BCUT2D eigenvalue weighted by molar-refractivity contribution is 1.18. The number of anilines is 3. The van der Waals surface area contributed by atoms with Crippen molar-refractivity contribution in [2.75, 3.05) is 4.90 Å². The average Bonchev–Trinajstić information content (AvgIpc) is 3.71. The molecule has 0 unspecified atom stereocenters. The maximum Gasteiger partial charge on any atom is 0.0547 e. The predicted octanol–water partition coefficient (Wildman–Crippen LogP) is 17.2. The average molecular weight is 815 g/mol. The van der Waals surface area contributed by atoms with Gasteiger partial charge in [0.05, 0.1) is 22.4 Å². The molecule has 300 valence electrons. The van der Waals surface area contributed by atoms with Crippen LogP contribution in [0.5, 0.6) is 0 Å². The van der Waals surface area contributed by atoms with Crippen molar-refractivity contribution in [3.8, 4) is 50.2 Å². The van der Waals surface area contributed by atoms with Gasteiger partial charge in [-0.15, -0.1) is 0 Å². The SMILES string of the molecule is c1ccc(-c2ccccc2-n2c3ccccc3c3c(-c4ccccc4N(c4ccc(-c5ccc6ccccc6c5)cc4)c4ccc(-c5cccc6ccccc56)cc4)cccc32)cc1. The number of hydrogen-bond donors (Lipinski definition) is 0. The van der Waals surface area contributed by atoms with Gasteiger partial charge < -0.3 is 9.47 Å². The molecule has 0 amide bonds. The van der Waals surface area contributed by atoms with Crippen molar-refractivity contribution in [3.05, 3.63) is 255 Å². The molecular formula is C62H42N2. The summed E-state index contributed by atoms with van der Waals surface area (Å²) in [5.74, 6) is 0. The molecule has 0 radical (unpaired) electrons. The fourth-order valence-corrected chi connectivity index (χ4v) is 9.80. The van der Waals surface area contributed by atoms with Crippen molar-refractivity contribution >= 4 is 60.4 Å². The molecule has 0 saturated heterocycles. The van der Waals surface area contributed by atoms with Crippen LogP contribution in [0.15, 0.2) is 255 Å². The monoisotopic (exact) mass is 814 g/mol. The van der Waals surface area contributed by atoms with Crippen molar-refractivity contribution < 1.29 is 0 Å². The molecule has 0 aliphatic rings. The lowest BCUT2D eigenvalue weighted by Crippen LogP contribution is -2.11. The molecule has 0 saturated carbocycles. The van der Waals surface area contributed by atoms with Gasteiger partial charge in [-0.05, 0) is 110 Å². The summed E-state index contributed by atoms with van der Waals surface area (Å²) in [6, 6.07) is 92.7. The zero-order valence-electron chi connectivity index (χ0n) is 35.1. The minimum absolute atomic E-state index is 1.08. The van der Waals surface area contributed by atoms with Crippen LogP contribution in [0.1, 0.15) is 0 Å². The second-order valence-electron chi connectivity index (χ2n) is 16.5. The van der Waals surface area contributed by atoms with E-state index in [9.17, 15) is 0 Å². The van der Waals surface area contributed by atoms with Crippen LogP contribution in [-0.2, 0) is 0 Å². The van der Waals surface area contributed by atoms with Gasteiger partial charge in [0, 0.05) is 33.3 Å². The van der Waals surface area contributed by atoms with Gasteiger partial charge in [0.25, 0.3) is 0 Å². The van der Waals surface area contributed by atoms with Crippen molar-refractivity contribution in [2.24, 2.45) is 0 Å². The Kier molecular flexibility index (Phi) is 9.20. The van der Waals surface area contributed by atoms with E-state index < -0.39 is 0 Å². The highest BCUT2D eigenvalue weighted by atomic mass is 15.1. The third-order valence-electron chi connectivity index (χ3n) is 12.8. The quantitative estimate of drug-likeness (QED) is 0.148. The van der Waals surface area contributed by atoms with Crippen LogP contribution in [-0.4, -0.2) is 4.57 Å². The minimum Gasteiger partial charge on any atom is -0.310 e. The largest absolute Gasteiger partial charge is 0.310 e. The first-order valence-corrected chi connectivity index (χ1v) is 22.0. The van der Waals surface area contributed by atoms with Crippen LogP contribution in [0.2, 0.25) is 0 Å². The van der Waals surface area contributed by atoms with E-state index in [1.165, 1.54) is 82.3 Å². The van der Waals surface area contributed by atoms with Crippen molar-refractivity contribution in [1.29, 1.82) is 0 Å². The van der Waals surface area contributed by atoms with Crippen LogP contribution in [0, 0.1) is 0 Å². The molecule has 2 nitrogen and oxygen atoms in total. The van der Waals surface area contributed by atoms with Gasteiger partial charge in [-0.2, -0.15) is 0 Å². The van der Waals surface area contributed by atoms with Gasteiger partial charge in [-0.25, -0.2) is 0 Å². The lowest BCUT2D eigenvalue weighted by Gasteiger charge is -2.28. The Labute approximate surface area is 373 Å². The summed E-state index contributed by atoms with van der Waals surface area (Å²) >= 11 is 0. The number of hydrogen-bond acceptors (Lipinski definition) is 1. The Balaban J connectivity index is 1.04. The molecule has 12 rings (SSSR count). The molecule has 12 aromatic rings. The topological polar surface area (TPSA) is 8.17 Å². The molecule has 64 heavy (non-hydrogen) atoms. The van der Waals surface area contributed by atoms with E-state index in [0.717, 1.165) is 28.3 Å². The fourth-order valence-electron chi connectivity index (χ4n) is 9.80. The number of fused-ring (bicyclic) bond motifs is 5. The summed E-state index contributed by atoms with van der Waals surface area (Å²) < 4.78 is 2.45. The van der Waals surface area contributed by atoms with Gasteiger partial charge >= 0.3 is 0 Å². The Bertz CT molecular complexity index is 3650. The molecular weight excluding hydrogens is 773 g/mol. The van der Waals surface area contributed by atoms with E-state index in [0.29, 0.717) is 0 Å². The molecule has 11 aromatic carbocycles. The predicted molar refractivity (Wildman–Crippen MR) is 272 cm³/mol. The summed E-state index contributed by atoms with van der Waals surface area (Å²) in [6.07, 6.45) is 0. The first-order valence-electron chi connectivity index (χ1n) is 22.0. The molecule has 0 fully saturated rings. The van der Waals surface area contributed by atoms with Crippen LogP contribution >= 0.6 is 0 Å². The van der Waals surface area contributed by atoms with E-state index >= 15 is 0 Å². The molecule has 1 aromatic heterocycles. The molecule has 1 heterocycles. The van der Waals surface area contributed by atoms with Gasteiger partial charge in [0.1, 0.15) is 0 Å². The zero-order chi connectivity index (χ0) is 42.4. The molecule has 0 N–H and O–H groups in total. The summed E-state index contributed by atoms with van der Waals surface area (Å²) in [5, 5.41) is 7.43. The van der Waals surface area contributed by atoms with Gasteiger partial charge in [-0.1, -0.05) is 200 Å². The first kappa shape index (κ1) is 37.3. The molecule has 0 aliphatic heterocycles. The van der Waals surface area contributed by atoms with Crippen LogP contribution in [0.4, 0.5) is 17.1 Å². The standard InChI is InChI=1S/C62H42N2/c1-2-17-46(18-3-1)54-23-8-11-28-58(54)64-60-30-13-10-25-57(60)62-56(27-15-31-61(62)64)55-24-9-12-29-59(55)63(50-38-34-44(35-39-50)49-33-32-43-16-4-5-20-48(43)42-49)51-40-36-47(37-41-51)53-26-14-21-45-19-6-7-22-52(45)53/h1-42H. The van der Waals surface area contributed by atoms with E-state index in [1.54, 1.807) is 0 Å². The van der Waals surface area contributed by atoms with Crippen LogP contribution in [0.25, 0.3) is 93.5 Å². The minimum atomic E-state index is 1.08. The Morgan fingerprint density at radius 1 is 0.281 bits per heavy atom. The molecule has 0 spiro atoms. The first-order chi connectivity index (χ1) is 31.8. The maximum atomic E-state index is 2.45. The van der Waals surface area contributed by atoms with E-state index in [4.69, 9.17) is 0 Å². The van der Waals surface area contributed by atoms with Crippen LogP contribution in [0.3, 0.4) is 0 Å². The summed E-state index contributed by atoms with van der Waals surface area (Å²) in [4.78, 5) is 2.43. The van der Waals surface area contributed by atoms with E-state index in [2.05, 4.69) is 264 Å². The number of nitrogens with zero attached hydrogens (tertiary/aromatic N) is 2. The molecule has 0 bridgehead atoms.